The number of rotatable bonds is 3. The van der Waals surface area contributed by atoms with Gasteiger partial charge >= 0.3 is 6.18 Å². The number of pyridine rings is 1. The lowest BCUT2D eigenvalue weighted by atomic mass is 10.0. The van der Waals surface area contributed by atoms with Gasteiger partial charge in [0, 0.05) is 18.0 Å². The molecule has 0 amide bonds. The van der Waals surface area contributed by atoms with E-state index in [4.69, 9.17) is 11.6 Å². The van der Waals surface area contributed by atoms with Crippen molar-refractivity contribution in [1.29, 1.82) is 0 Å². The largest absolute Gasteiger partial charge is 0.508 e. The summed E-state index contributed by atoms with van der Waals surface area (Å²) >= 11 is 5.76. The van der Waals surface area contributed by atoms with Gasteiger partial charge in [-0.15, -0.1) is 0 Å². The fourth-order valence-electron chi connectivity index (χ4n) is 2.98. The van der Waals surface area contributed by atoms with Crippen LogP contribution in [-0.2, 0) is 6.18 Å². The van der Waals surface area contributed by atoms with E-state index >= 15 is 0 Å². The first-order valence-electron chi connectivity index (χ1n) is 8.64. The molecule has 2 aromatic heterocycles. The summed E-state index contributed by atoms with van der Waals surface area (Å²) in [6, 6.07) is 12.8. The smallest absolute Gasteiger partial charge is 0.418 e. The molecule has 0 radical (unpaired) electrons. The quantitative estimate of drug-likeness (QED) is 0.437. The Labute approximate surface area is 173 Å². The molecule has 0 spiro atoms. The first-order chi connectivity index (χ1) is 14.2. The van der Waals surface area contributed by atoms with Crippen LogP contribution in [0.4, 0.5) is 13.2 Å². The molecule has 2 heterocycles. The molecule has 30 heavy (non-hydrogen) atoms. The second-order valence-corrected chi connectivity index (χ2v) is 6.88. The minimum Gasteiger partial charge on any atom is -0.508 e. The minimum absolute atomic E-state index is 0.00208. The number of phenolic OH excluding ortho intramolecular Hbond substituents is 2. The van der Waals surface area contributed by atoms with Crippen molar-refractivity contribution >= 4 is 11.6 Å². The first-order valence-corrected chi connectivity index (χ1v) is 9.02. The molecule has 0 aliphatic carbocycles. The molecule has 0 fully saturated rings. The number of aromatic hydroxyl groups is 2. The highest BCUT2D eigenvalue weighted by Gasteiger charge is 2.36. The number of alkyl halides is 3. The van der Waals surface area contributed by atoms with Crippen LogP contribution >= 0.6 is 11.6 Å². The van der Waals surface area contributed by atoms with E-state index in [-0.39, 0.29) is 27.9 Å². The Morgan fingerprint density at radius 3 is 2.07 bits per heavy atom. The van der Waals surface area contributed by atoms with Crippen molar-refractivity contribution in [3.8, 4) is 39.7 Å². The molecule has 9 heteroatoms. The Morgan fingerprint density at radius 2 is 1.47 bits per heavy atom. The van der Waals surface area contributed by atoms with Gasteiger partial charge in [0.25, 0.3) is 0 Å². The highest BCUT2D eigenvalue weighted by atomic mass is 35.5. The van der Waals surface area contributed by atoms with Crippen LogP contribution in [0.25, 0.3) is 28.2 Å². The number of nitrogens with zero attached hydrogens (tertiary/aromatic N) is 3. The van der Waals surface area contributed by atoms with Gasteiger partial charge in [-0.3, -0.25) is 4.98 Å². The fourth-order valence-corrected chi connectivity index (χ4v) is 3.14. The van der Waals surface area contributed by atoms with Gasteiger partial charge in [0.15, 0.2) is 0 Å². The zero-order chi connectivity index (χ0) is 21.5. The number of hydrogen-bond acceptors (Lipinski definition) is 4. The molecule has 5 nitrogen and oxygen atoms in total. The van der Waals surface area contributed by atoms with Crippen LogP contribution in [0.3, 0.4) is 0 Å². The van der Waals surface area contributed by atoms with E-state index < -0.39 is 11.7 Å². The van der Waals surface area contributed by atoms with Crippen molar-refractivity contribution in [2.24, 2.45) is 0 Å². The van der Waals surface area contributed by atoms with Gasteiger partial charge in [-0.1, -0.05) is 23.7 Å². The van der Waals surface area contributed by atoms with E-state index in [1.165, 1.54) is 28.9 Å². The van der Waals surface area contributed by atoms with E-state index in [1.54, 1.807) is 30.5 Å². The van der Waals surface area contributed by atoms with Crippen LogP contribution in [0, 0.1) is 0 Å². The maximum atomic E-state index is 13.7. The lowest BCUT2D eigenvalue weighted by Crippen LogP contribution is -2.09. The summed E-state index contributed by atoms with van der Waals surface area (Å²) in [6.07, 6.45) is -2.00. The molecule has 2 N–H and O–H groups in total. The highest BCUT2D eigenvalue weighted by Crippen LogP contribution is 2.40. The molecule has 2 aromatic carbocycles. The molecule has 0 saturated heterocycles. The molecule has 0 aliphatic heterocycles. The van der Waals surface area contributed by atoms with Gasteiger partial charge < -0.3 is 10.2 Å². The molecule has 4 rings (SSSR count). The van der Waals surface area contributed by atoms with Gasteiger partial charge in [0.05, 0.1) is 16.3 Å². The number of halogens is 4. The number of phenols is 2. The second-order valence-electron chi connectivity index (χ2n) is 6.45. The zero-order valence-electron chi connectivity index (χ0n) is 15.1. The molecule has 152 valence electrons. The first kappa shape index (κ1) is 19.8. The third kappa shape index (κ3) is 3.81. The van der Waals surface area contributed by atoms with Crippen molar-refractivity contribution < 1.29 is 23.4 Å². The van der Waals surface area contributed by atoms with Gasteiger partial charge in [-0.25, -0.2) is 4.68 Å². The average molecular weight is 432 g/mol. The Kier molecular flexibility index (Phi) is 4.87. The molecule has 0 atom stereocenters. The summed E-state index contributed by atoms with van der Waals surface area (Å²) in [4.78, 5) is 3.92. The average Bonchev–Trinajstić information content (AvgIpc) is 3.13. The topological polar surface area (TPSA) is 71.2 Å². The summed E-state index contributed by atoms with van der Waals surface area (Å²) in [5.41, 5.74) is 0.0685. The molecule has 0 aliphatic rings. The second kappa shape index (κ2) is 7.38. The summed E-state index contributed by atoms with van der Waals surface area (Å²) in [5.74, 6) is 0.0652. The van der Waals surface area contributed by atoms with Crippen LogP contribution in [0.5, 0.6) is 11.5 Å². The van der Waals surface area contributed by atoms with Crippen LogP contribution in [0.1, 0.15) is 5.56 Å². The fraction of sp³-hybridized carbons (Fsp3) is 0.0476. The van der Waals surface area contributed by atoms with Gasteiger partial charge in [-0.05, 0) is 48.0 Å². The van der Waals surface area contributed by atoms with Crippen LogP contribution in [0.15, 0.2) is 67.0 Å². The van der Waals surface area contributed by atoms with E-state index in [2.05, 4.69) is 10.1 Å². The van der Waals surface area contributed by atoms with E-state index in [1.807, 2.05) is 0 Å². The number of aromatic nitrogens is 3. The van der Waals surface area contributed by atoms with Crippen molar-refractivity contribution in [2.75, 3.05) is 0 Å². The lowest BCUT2D eigenvalue weighted by Gasteiger charge is -2.12. The highest BCUT2D eigenvalue weighted by molar-refractivity contribution is 6.30. The number of hydrogen-bond donors (Lipinski definition) is 2. The predicted molar refractivity (Wildman–Crippen MR) is 106 cm³/mol. The summed E-state index contributed by atoms with van der Waals surface area (Å²) in [7, 11) is 0. The molecular weight excluding hydrogens is 419 g/mol. The van der Waals surface area contributed by atoms with Gasteiger partial charge in [0.1, 0.15) is 22.9 Å². The van der Waals surface area contributed by atoms with Crippen LogP contribution in [0.2, 0.25) is 5.02 Å². The van der Waals surface area contributed by atoms with Crippen molar-refractivity contribution in [3.05, 3.63) is 77.6 Å². The van der Waals surface area contributed by atoms with E-state index in [0.29, 0.717) is 16.8 Å². The van der Waals surface area contributed by atoms with Crippen molar-refractivity contribution in [2.45, 2.75) is 6.18 Å². The van der Waals surface area contributed by atoms with Gasteiger partial charge in [0.2, 0.25) is 0 Å². The molecule has 4 aromatic rings. The van der Waals surface area contributed by atoms with Crippen molar-refractivity contribution in [1.82, 2.24) is 14.8 Å². The van der Waals surface area contributed by atoms with E-state index in [0.717, 1.165) is 12.3 Å². The van der Waals surface area contributed by atoms with E-state index in [9.17, 15) is 23.4 Å². The maximum absolute atomic E-state index is 13.7. The summed E-state index contributed by atoms with van der Waals surface area (Å²) in [5, 5.41) is 23.3. The molecule has 0 bridgehead atoms. The molecular formula is C21H13ClF3N3O2. The Hall–Kier alpha value is -3.52. The minimum atomic E-state index is -4.69. The Balaban J connectivity index is 1.97. The summed E-state index contributed by atoms with van der Waals surface area (Å²) < 4.78 is 42.4. The van der Waals surface area contributed by atoms with Crippen LogP contribution < -0.4 is 0 Å². The van der Waals surface area contributed by atoms with Crippen molar-refractivity contribution in [3.63, 3.8) is 0 Å². The van der Waals surface area contributed by atoms with Crippen LogP contribution in [-0.4, -0.2) is 25.0 Å². The lowest BCUT2D eigenvalue weighted by molar-refractivity contribution is -0.137. The molecule has 0 unspecified atom stereocenters. The number of benzene rings is 2. The normalized spacial score (nSPS) is 11.6. The predicted octanol–water partition coefficient (Wildman–Crippen LogP) is 5.68. The zero-order valence-corrected chi connectivity index (χ0v) is 15.9. The molecule has 0 saturated carbocycles. The monoisotopic (exact) mass is 431 g/mol. The Morgan fingerprint density at radius 1 is 0.867 bits per heavy atom. The SMILES string of the molecule is Oc1ccc(-c2cn(-c3ccc(O)cc3)nc2-c2ncc(Cl)cc2C(F)(F)F)cc1. The Bertz CT molecular complexity index is 1200. The third-order valence-corrected chi connectivity index (χ3v) is 4.60. The van der Waals surface area contributed by atoms with Gasteiger partial charge in [-0.2, -0.15) is 18.3 Å². The third-order valence-electron chi connectivity index (χ3n) is 4.39. The maximum Gasteiger partial charge on any atom is 0.418 e. The standard InChI is InChI=1S/C21H13ClF3N3O2/c22-13-9-18(21(23,24)25)20(26-10-13)19-17(12-1-5-15(29)6-2-12)11-28(27-19)14-3-7-16(30)8-4-14/h1-11,29-30H. The summed E-state index contributed by atoms with van der Waals surface area (Å²) in [6.45, 7) is 0.